The highest BCUT2D eigenvalue weighted by Gasteiger charge is 2.17. The summed E-state index contributed by atoms with van der Waals surface area (Å²) < 4.78 is 25.1. The van der Waals surface area contributed by atoms with Gasteiger partial charge in [-0.25, -0.2) is 4.39 Å². The van der Waals surface area contributed by atoms with Gasteiger partial charge in [0.1, 0.15) is 5.82 Å². The molecule has 1 aliphatic rings. The van der Waals surface area contributed by atoms with E-state index >= 15 is 0 Å². The van der Waals surface area contributed by atoms with Gasteiger partial charge in [0.15, 0.2) is 0 Å². The molecule has 0 heterocycles. The molecule has 0 amide bonds. The summed E-state index contributed by atoms with van der Waals surface area (Å²) in [5.74, 6) is 0.926. The zero-order chi connectivity index (χ0) is 12.3. The van der Waals surface area contributed by atoms with E-state index in [0.29, 0.717) is 22.3 Å². The number of nitrogen functional groups attached to an aromatic ring is 1. The Balaban J connectivity index is 1.96. The molecule has 0 aliphatic heterocycles. The highest BCUT2D eigenvalue weighted by molar-refractivity contribution is 7.85. The Morgan fingerprint density at radius 2 is 2.06 bits per heavy atom. The van der Waals surface area contributed by atoms with E-state index in [1.807, 2.05) is 0 Å². The second kappa shape index (κ2) is 5.63. The third kappa shape index (κ3) is 3.28. The minimum absolute atomic E-state index is 0.372. The minimum Gasteiger partial charge on any atom is -0.398 e. The zero-order valence-electron chi connectivity index (χ0n) is 9.82. The second-order valence-corrected chi connectivity index (χ2v) is 6.21. The summed E-state index contributed by atoms with van der Waals surface area (Å²) in [6.07, 6.45) is 6.03. The lowest BCUT2D eigenvalue weighted by molar-refractivity contribution is 0.531. The molecular weight excluding hydrogens is 237 g/mol. The van der Waals surface area contributed by atoms with E-state index in [1.165, 1.54) is 43.9 Å². The van der Waals surface area contributed by atoms with Gasteiger partial charge in [0.25, 0.3) is 0 Å². The van der Waals surface area contributed by atoms with E-state index < -0.39 is 10.8 Å². The number of rotatable bonds is 4. The normalized spacial score (nSPS) is 18.4. The molecule has 1 saturated carbocycles. The maximum atomic E-state index is 13.1. The minimum atomic E-state index is -1.17. The number of hydrogen-bond acceptors (Lipinski definition) is 2. The highest BCUT2D eigenvalue weighted by Crippen LogP contribution is 2.28. The van der Waals surface area contributed by atoms with Crippen molar-refractivity contribution in [2.24, 2.45) is 5.92 Å². The van der Waals surface area contributed by atoms with Crippen LogP contribution in [0.2, 0.25) is 0 Å². The highest BCUT2D eigenvalue weighted by atomic mass is 32.2. The largest absolute Gasteiger partial charge is 0.398 e. The summed E-state index contributed by atoms with van der Waals surface area (Å²) in [6.45, 7) is 0. The number of hydrogen-bond donors (Lipinski definition) is 1. The standard InChI is InChI=1S/C13H18FNOS/c14-11-5-6-12(15)13(9-11)17(16)8-7-10-3-1-2-4-10/h5-6,9-10H,1-4,7-8,15H2. The summed E-state index contributed by atoms with van der Waals surface area (Å²) in [5, 5.41) is 0. The molecule has 1 aromatic carbocycles. The average Bonchev–Trinajstić information content (AvgIpc) is 2.82. The molecule has 1 aliphatic carbocycles. The summed E-state index contributed by atoms with van der Waals surface area (Å²) in [5.41, 5.74) is 6.14. The van der Waals surface area contributed by atoms with Crippen LogP contribution in [0.5, 0.6) is 0 Å². The van der Waals surface area contributed by atoms with Crippen molar-refractivity contribution in [1.82, 2.24) is 0 Å². The molecule has 1 atom stereocenters. The lowest BCUT2D eigenvalue weighted by atomic mass is 10.1. The molecule has 0 aromatic heterocycles. The van der Waals surface area contributed by atoms with Gasteiger partial charge in [0.2, 0.25) is 0 Å². The Morgan fingerprint density at radius 1 is 1.35 bits per heavy atom. The van der Waals surface area contributed by atoms with Gasteiger partial charge in [-0.3, -0.25) is 4.21 Å². The van der Waals surface area contributed by atoms with E-state index in [0.717, 1.165) is 6.42 Å². The summed E-state index contributed by atoms with van der Waals surface area (Å²) in [6, 6.07) is 4.07. The van der Waals surface area contributed by atoms with Crippen molar-refractivity contribution < 1.29 is 8.60 Å². The number of anilines is 1. The van der Waals surface area contributed by atoms with E-state index in [-0.39, 0.29) is 5.82 Å². The van der Waals surface area contributed by atoms with Gasteiger partial charge in [-0.05, 0) is 30.5 Å². The molecule has 0 bridgehead atoms. The number of nitrogens with two attached hydrogens (primary N) is 1. The van der Waals surface area contributed by atoms with Crippen LogP contribution in [-0.4, -0.2) is 9.96 Å². The molecule has 94 valence electrons. The van der Waals surface area contributed by atoms with Crippen molar-refractivity contribution in [3.63, 3.8) is 0 Å². The van der Waals surface area contributed by atoms with Crippen molar-refractivity contribution in [3.8, 4) is 0 Å². The summed E-state index contributed by atoms with van der Waals surface area (Å²) >= 11 is 0. The molecule has 4 heteroatoms. The van der Waals surface area contributed by atoms with Crippen molar-refractivity contribution in [2.45, 2.75) is 37.0 Å². The average molecular weight is 255 g/mol. The monoisotopic (exact) mass is 255 g/mol. The molecule has 1 fully saturated rings. The first-order chi connectivity index (χ1) is 8.16. The van der Waals surface area contributed by atoms with Gasteiger partial charge in [-0.1, -0.05) is 25.7 Å². The molecule has 1 aromatic rings. The quantitative estimate of drug-likeness (QED) is 0.840. The lowest BCUT2D eigenvalue weighted by Gasteiger charge is -2.09. The van der Waals surface area contributed by atoms with E-state index in [1.54, 1.807) is 0 Å². The first-order valence-corrected chi connectivity index (χ1v) is 7.42. The molecule has 2 rings (SSSR count). The van der Waals surface area contributed by atoms with Crippen LogP contribution >= 0.6 is 0 Å². The SMILES string of the molecule is Nc1ccc(F)cc1S(=O)CCC1CCCC1. The predicted molar refractivity (Wildman–Crippen MR) is 68.7 cm³/mol. The van der Waals surface area contributed by atoms with Crippen molar-refractivity contribution in [1.29, 1.82) is 0 Å². The molecule has 2 N–H and O–H groups in total. The van der Waals surface area contributed by atoms with Crippen LogP contribution in [0.4, 0.5) is 10.1 Å². The molecule has 17 heavy (non-hydrogen) atoms. The fourth-order valence-corrected chi connectivity index (χ4v) is 3.73. The number of halogens is 1. The Labute approximate surface area is 104 Å². The van der Waals surface area contributed by atoms with Crippen molar-refractivity contribution >= 4 is 16.5 Å². The van der Waals surface area contributed by atoms with Crippen LogP contribution in [0.15, 0.2) is 23.1 Å². The molecule has 2 nitrogen and oxygen atoms in total. The lowest BCUT2D eigenvalue weighted by Crippen LogP contribution is -2.06. The molecule has 0 spiro atoms. The zero-order valence-corrected chi connectivity index (χ0v) is 10.6. The second-order valence-electron chi connectivity index (χ2n) is 4.67. The van der Waals surface area contributed by atoms with Crippen LogP contribution in [0.3, 0.4) is 0 Å². The van der Waals surface area contributed by atoms with Gasteiger partial charge >= 0.3 is 0 Å². The van der Waals surface area contributed by atoms with Crippen molar-refractivity contribution in [2.75, 3.05) is 11.5 Å². The summed E-state index contributed by atoms with van der Waals surface area (Å²) in [7, 11) is -1.17. The van der Waals surface area contributed by atoms with Gasteiger partial charge in [-0.15, -0.1) is 0 Å². The predicted octanol–water partition coefficient (Wildman–Crippen LogP) is 3.10. The first kappa shape index (κ1) is 12.6. The molecule has 1 unspecified atom stereocenters. The van der Waals surface area contributed by atoms with Crippen LogP contribution in [-0.2, 0) is 10.8 Å². The van der Waals surface area contributed by atoms with Gasteiger partial charge in [-0.2, -0.15) is 0 Å². The fourth-order valence-electron chi connectivity index (χ4n) is 2.39. The smallest absolute Gasteiger partial charge is 0.124 e. The van der Waals surface area contributed by atoms with E-state index in [9.17, 15) is 8.60 Å². The van der Waals surface area contributed by atoms with Crippen LogP contribution in [0, 0.1) is 11.7 Å². The Morgan fingerprint density at radius 3 is 2.76 bits per heavy atom. The van der Waals surface area contributed by atoms with Crippen LogP contribution in [0.25, 0.3) is 0 Å². The van der Waals surface area contributed by atoms with Gasteiger partial charge in [0.05, 0.1) is 15.7 Å². The topological polar surface area (TPSA) is 43.1 Å². The van der Waals surface area contributed by atoms with Crippen molar-refractivity contribution in [3.05, 3.63) is 24.0 Å². The maximum absolute atomic E-state index is 13.1. The van der Waals surface area contributed by atoms with E-state index in [2.05, 4.69) is 0 Å². The molecule has 0 radical (unpaired) electrons. The fraction of sp³-hybridized carbons (Fsp3) is 0.538. The van der Waals surface area contributed by atoms with Crippen LogP contribution < -0.4 is 5.73 Å². The molecule has 0 saturated heterocycles. The van der Waals surface area contributed by atoms with Gasteiger partial charge < -0.3 is 5.73 Å². The Bertz CT molecular complexity index is 416. The maximum Gasteiger partial charge on any atom is 0.124 e. The van der Waals surface area contributed by atoms with Gasteiger partial charge in [0, 0.05) is 11.4 Å². The third-order valence-electron chi connectivity index (χ3n) is 3.41. The Hall–Kier alpha value is -0.900. The first-order valence-electron chi connectivity index (χ1n) is 6.10. The summed E-state index contributed by atoms with van der Waals surface area (Å²) in [4.78, 5) is 0.447. The number of benzene rings is 1. The Kier molecular flexibility index (Phi) is 4.15. The van der Waals surface area contributed by atoms with Crippen LogP contribution in [0.1, 0.15) is 32.1 Å². The molecular formula is C13H18FNOS. The van der Waals surface area contributed by atoms with E-state index in [4.69, 9.17) is 5.73 Å². The third-order valence-corrected chi connectivity index (χ3v) is 4.86.